The summed E-state index contributed by atoms with van der Waals surface area (Å²) >= 11 is 0. The van der Waals surface area contributed by atoms with Crippen LogP contribution >= 0.6 is 0 Å². The van der Waals surface area contributed by atoms with Crippen molar-refractivity contribution in [2.75, 3.05) is 6.54 Å². The molecule has 0 saturated heterocycles. The fourth-order valence-electron chi connectivity index (χ4n) is 2.59. The Morgan fingerprint density at radius 2 is 2.26 bits per heavy atom. The monoisotopic (exact) mass is 257 g/mol. The van der Waals surface area contributed by atoms with Crippen LogP contribution in [-0.4, -0.2) is 16.5 Å². The van der Waals surface area contributed by atoms with Crippen molar-refractivity contribution in [3.05, 3.63) is 35.0 Å². The first-order valence-corrected chi connectivity index (χ1v) is 6.93. The van der Waals surface area contributed by atoms with E-state index in [9.17, 15) is 0 Å². The van der Waals surface area contributed by atoms with Crippen LogP contribution in [0.3, 0.4) is 0 Å². The molecule has 0 aliphatic carbocycles. The van der Waals surface area contributed by atoms with Crippen molar-refractivity contribution in [1.82, 2.24) is 15.3 Å². The summed E-state index contributed by atoms with van der Waals surface area (Å²) in [5, 5.41) is 3.41. The molecule has 19 heavy (non-hydrogen) atoms. The minimum atomic E-state index is 0.815. The molecule has 100 valence electrons. The van der Waals surface area contributed by atoms with Crippen molar-refractivity contribution >= 4 is 0 Å². The maximum Gasteiger partial charge on any atom is 0.163 e. The lowest BCUT2D eigenvalue weighted by Crippen LogP contribution is -2.26. The van der Waals surface area contributed by atoms with Gasteiger partial charge in [-0.25, -0.2) is 9.97 Å². The molecule has 4 nitrogen and oxygen atoms in total. The SMILES string of the molecule is CCCc1nc(-c2ccoc2C)nc2c1CNCC2. The average molecular weight is 257 g/mol. The van der Waals surface area contributed by atoms with Gasteiger partial charge in [-0.2, -0.15) is 0 Å². The van der Waals surface area contributed by atoms with Crippen LogP contribution in [0.1, 0.15) is 36.1 Å². The molecule has 1 N–H and O–H groups in total. The first-order valence-electron chi connectivity index (χ1n) is 6.93. The molecular formula is C15H19N3O. The Kier molecular flexibility index (Phi) is 3.34. The molecule has 3 heterocycles. The van der Waals surface area contributed by atoms with Gasteiger partial charge in [-0.3, -0.25) is 0 Å². The summed E-state index contributed by atoms with van der Waals surface area (Å²) in [6.45, 7) is 6.04. The Morgan fingerprint density at radius 1 is 1.37 bits per heavy atom. The third kappa shape index (κ3) is 2.28. The number of aryl methyl sites for hydroxylation is 2. The number of hydrogen-bond acceptors (Lipinski definition) is 4. The van der Waals surface area contributed by atoms with Gasteiger partial charge in [0.1, 0.15) is 5.76 Å². The van der Waals surface area contributed by atoms with E-state index in [4.69, 9.17) is 14.4 Å². The van der Waals surface area contributed by atoms with E-state index in [1.165, 1.54) is 17.0 Å². The van der Waals surface area contributed by atoms with Gasteiger partial charge in [-0.05, 0) is 19.4 Å². The Balaban J connectivity index is 2.11. The summed E-state index contributed by atoms with van der Waals surface area (Å²) in [4.78, 5) is 9.52. The number of furan rings is 1. The van der Waals surface area contributed by atoms with Gasteiger partial charge in [0.2, 0.25) is 0 Å². The molecule has 4 heteroatoms. The number of rotatable bonds is 3. The van der Waals surface area contributed by atoms with Crippen LogP contribution in [0.2, 0.25) is 0 Å². The predicted octanol–water partition coefficient (Wildman–Crippen LogP) is 2.64. The number of aromatic nitrogens is 2. The molecule has 2 aromatic rings. The molecule has 0 bridgehead atoms. The summed E-state index contributed by atoms with van der Waals surface area (Å²) < 4.78 is 5.37. The average Bonchev–Trinajstić information content (AvgIpc) is 2.85. The smallest absolute Gasteiger partial charge is 0.163 e. The zero-order valence-electron chi connectivity index (χ0n) is 11.5. The van der Waals surface area contributed by atoms with Crippen LogP contribution in [0.4, 0.5) is 0 Å². The fraction of sp³-hybridized carbons (Fsp3) is 0.467. The Hall–Kier alpha value is -1.68. The predicted molar refractivity (Wildman–Crippen MR) is 73.9 cm³/mol. The van der Waals surface area contributed by atoms with Gasteiger partial charge in [-0.15, -0.1) is 0 Å². The van der Waals surface area contributed by atoms with Gasteiger partial charge >= 0.3 is 0 Å². The Bertz CT molecular complexity index is 589. The van der Waals surface area contributed by atoms with E-state index < -0.39 is 0 Å². The summed E-state index contributed by atoms with van der Waals surface area (Å²) in [7, 11) is 0. The van der Waals surface area contributed by atoms with Crippen LogP contribution in [0.5, 0.6) is 0 Å². The van der Waals surface area contributed by atoms with E-state index in [0.29, 0.717) is 0 Å². The highest BCUT2D eigenvalue weighted by Crippen LogP contribution is 2.25. The second-order valence-corrected chi connectivity index (χ2v) is 4.99. The van der Waals surface area contributed by atoms with Crippen LogP contribution in [0, 0.1) is 6.92 Å². The zero-order chi connectivity index (χ0) is 13.2. The standard InChI is InChI=1S/C15H19N3O/c1-3-4-13-12-9-16-7-5-14(12)18-15(17-13)11-6-8-19-10(11)2/h6,8,16H,3-5,7,9H2,1-2H3. The van der Waals surface area contributed by atoms with Crippen molar-refractivity contribution in [2.45, 2.75) is 39.7 Å². The minimum absolute atomic E-state index is 0.815. The van der Waals surface area contributed by atoms with Crippen molar-refractivity contribution < 1.29 is 4.42 Å². The maximum absolute atomic E-state index is 5.37. The van der Waals surface area contributed by atoms with E-state index in [0.717, 1.165) is 49.5 Å². The zero-order valence-corrected chi connectivity index (χ0v) is 11.5. The van der Waals surface area contributed by atoms with Gasteiger partial charge in [0.05, 0.1) is 17.5 Å². The molecule has 0 spiro atoms. The van der Waals surface area contributed by atoms with Crippen LogP contribution < -0.4 is 5.32 Å². The second-order valence-electron chi connectivity index (χ2n) is 4.99. The molecule has 0 radical (unpaired) electrons. The molecule has 0 fully saturated rings. The second kappa shape index (κ2) is 5.13. The summed E-state index contributed by atoms with van der Waals surface area (Å²) in [6, 6.07) is 1.95. The van der Waals surface area contributed by atoms with Gasteiger partial charge in [-0.1, -0.05) is 13.3 Å². The highest BCUT2D eigenvalue weighted by Gasteiger charge is 2.18. The van der Waals surface area contributed by atoms with Gasteiger partial charge in [0.15, 0.2) is 5.82 Å². The number of nitrogens with zero attached hydrogens (tertiary/aromatic N) is 2. The summed E-state index contributed by atoms with van der Waals surface area (Å²) in [5.41, 5.74) is 4.71. The lowest BCUT2D eigenvalue weighted by atomic mass is 10.0. The van der Waals surface area contributed by atoms with Crippen molar-refractivity contribution in [3.8, 4) is 11.4 Å². The highest BCUT2D eigenvalue weighted by atomic mass is 16.3. The molecule has 0 amide bonds. The third-order valence-corrected chi connectivity index (χ3v) is 3.61. The number of fused-ring (bicyclic) bond motifs is 1. The van der Waals surface area contributed by atoms with Gasteiger partial charge in [0.25, 0.3) is 0 Å². The van der Waals surface area contributed by atoms with E-state index in [1.807, 2.05) is 13.0 Å². The summed E-state index contributed by atoms with van der Waals surface area (Å²) in [6.07, 6.45) is 4.80. The Morgan fingerprint density at radius 3 is 3.00 bits per heavy atom. The molecule has 0 saturated carbocycles. The van der Waals surface area contributed by atoms with E-state index >= 15 is 0 Å². The largest absolute Gasteiger partial charge is 0.469 e. The van der Waals surface area contributed by atoms with Gasteiger partial charge in [0, 0.05) is 30.8 Å². The van der Waals surface area contributed by atoms with E-state index in [-0.39, 0.29) is 0 Å². The van der Waals surface area contributed by atoms with Crippen LogP contribution in [0.25, 0.3) is 11.4 Å². The first-order chi connectivity index (χ1) is 9.29. The lowest BCUT2D eigenvalue weighted by molar-refractivity contribution is 0.535. The fourth-order valence-corrected chi connectivity index (χ4v) is 2.59. The highest BCUT2D eigenvalue weighted by molar-refractivity contribution is 5.58. The van der Waals surface area contributed by atoms with Crippen LogP contribution in [0.15, 0.2) is 16.7 Å². The molecule has 2 aromatic heterocycles. The maximum atomic E-state index is 5.37. The van der Waals surface area contributed by atoms with Crippen LogP contribution in [-0.2, 0) is 19.4 Å². The third-order valence-electron chi connectivity index (χ3n) is 3.61. The number of nitrogens with one attached hydrogen (secondary N) is 1. The molecule has 1 aliphatic heterocycles. The first kappa shape index (κ1) is 12.4. The normalized spacial score (nSPS) is 14.4. The molecule has 0 aromatic carbocycles. The van der Waals surface area contributed by atoms with Crippen molar-refractivity contribution in [3.63, 3.8) is 0 Å². The minimum Gasteiger partial charge on any atom is -0.469 e. The molecule has 0 atom stereocenters. The topological polar surface area (TPSA) is 51.0 Å². The molecule has 0 unspecified atom stereocenters. The van der Waals surface area contributed by atoms with Gasteiger partial charge < -0.3 is 9.73 Å². The van der Waals surface area contributed by atoms with E-state index in [1.54, 1.807) is 6.26 Å². The van der Waals surface area contributed by atoms with Crippen molar-refractivity contribution in [2.24, 2.45) is 0 Å². The summed E-state index contributed by atoms with van der Waals surface area (Å²) in [5.74, 6) is 1.70. The molecular weight excluding hydrogens is 238 g/mol. The lowest BCUT2D eigenvalue weighted by Gasteiger charge is -2.19. The molecule has 3 rings (SSSR count). The number of hydrogen-bond donors (Lipinski definition) is 1. The van der Waals surface area contributed by atoms with E-state index in [2.05, 4.69) is 12.2 Å². The molecule has 1 aliphatic rings. The quantitative estimate of drug-likeness (QED) is 0.918. The Labute approximate surface area is 113 Å². The van der Waals surface area contributed by atoms with Crippen molar-refractivity contribution in [1.29, 1.82) is 0 Å².